The molecule has 1 aromatic heterocycles. The molecule has 1 amide bonds. The quantitative estimate of drug-likeness (QED) is 0.760. The zero-order chi connectivity index (χ0) is 15.2. The molecule has 0 spiro atoms. The van der Waals surface area contributed by atoms with Gasteiger partial charge in [-0.25, -0.2) is 0 Å². The average Bonchev–Trinajstić information content (AvgIpc) is 2.75. The Hall–Kier alpha value is -1.56. The van der Waals surface area contributed by atoms with Crippen LogP contribution in [0.25, 0.3) is 0 Å². The SMILES string of the molecule is CCCOc1onc(C(=O)NCC(C)(C)CNC)c1C. The van der Waals surface area contributed by atoms with Gasteiger partial charge in [0.15, 0.2) is 5.69 Å². The van der Waals surface area contributed by atoms with Crippen LogP contribution in [0.15, 0.2) is 4.52 Å². The maximum atomic E-state index is 12.1. The fourth-order valence-corrected chi connectivity index (χ4v) is 1.81. The number of rotatable bonds is 8. The lowest BCUT2D eigenvalue weighted by Gasteiger charge is -2.24. The van der Waals surface area contributed by atoms with Crippen LogP contribution in [0.2, 0.25) is 0 Å². The highest BCUT2D eigenvalue weighted by atomic mass is 16.6. The predicted molar refractivity (Wildman–Crippen MR) is 77.1 cm³/mol. The summed E-state index contributed by atoms with van der Waals surface area (Å²) in [4.78, 5) is 12.1. The smallest absolute Gasteiger partial charge is 0.314 e. The lowest BCUT2D eigenvalue weighted by atomic mass is 9.93. The molecular weight excluding hydrogens is 258 g/mol. The molecule has 0 saturated carbocycles. The van der Waals surface area contributed by atoms with E-state index >= 15 is 0 Å². The number of hydrogen-bond acceptors (Lipinski definition) is 5. The number of hydrogen-bond donors (Lipinski definition) is 2. The molecule has 0 atom stereocenters. The second-order valence-corrected chi connectivity index (χ2v) is 5.67. The van der Waals surface area contributed by atoms with Gasteiger partial charge in [0.1, 0.15) is 0 Å². The summed E-state index contributed by atoms with van der Waals surface area (Å²) in [5.74, 6) is 0.0910. The minimum Gasteiger partial charge on any atom is -0.464 e. The molecule has 20 heavy (non-hydrogen) atoms. The first-order valence-corrected chi connectivity index (χ1v) is 6.93. The Bertz CT molecular complexity index is 441. The van der Waals surface area contributed by atoms with Gasteiger partial charge in [-0.05, 0) is 25.8 Å². The molecule has 1 aromatic rings. The van der Waals surface area contributed by atoms with Gasteiger partial charge in [-0.3, -0.25) is 4.79 Å². The van der Waals surface area contributed by atoms with E-state index in [9.17, 15) is 4.79 Å². The second-order valence-electron chi connectivity index (χ2n) is 5.67. The molecule has 0 radical (unpaired) electrons. The summed E-state index contributed by atoms with van der Waals surface area (Å²) < 4.78 is 10.4. The maximum Gasteiger partial charge on any atom is 0.314 e. The third kappa shape index (κ3) is 4.52. The van der Waals surface area contributed by atoms with Crippen LogP contribution in [-0.4, -0.2) is 37.8 Å². The first-order valence-electron chi connectivity index (χ1n) is 6.93. The summed E-state index contributed by atoms with van der Waals surface area (Å²) in [6.07, 6.45) is 0.875. The Morgan fingerprint density at radius 2 is 2.10 bits per heavy atom. The zero-order valence-corrected chi connectivity index (χ0v) is 13.0. The molecule has 0 unspecified atom stereocenters. The lowest BCUT2D eigenvalue weighted by molar-refractivity contribution is 0.0926. The van der Waals surface area contributed by atoms with Crippen LogP contribution in [0.3, 0.4) is 0 Å². The van der Waals surface area contributed by atoms with Crippen molar-refractivity contribution in [2.75, 3.05) is 26.7 Å². The summed E-state index contributed by atoms with van der Waals surface area (Å²) in [6, 6.07) is 0. The van der Waals surface area contributed by atoms with E-state index < -0.39 is 0 Å². The van der Waals surface area contributed by atoms with Gasteiger partial charge in [-0.1, -0.05) is 25.9 Å². The highest BCUT2D eigenvalue weighted by molar-refractivity contribution is 5.93. The Balaban J connectivity index is 2.62. The molecule has 0 aliphatic carbocycles. The number of amides is 1. The van der Waals surface area contributed by atoms with E-state index in [0.29, 0.717) is 24.7 Å². The summed E-state index contributed by atoms with van der Waals surface area (Å²) in [6.45, 7) is 9.86. The van der Waals surface area contributed by atoms with E-state index in [4.69, 9.17) is 9.26 Å². The van der Waals surface area contributed by atoms with Gasteiger partial charge in [-0.15, -0.1) is 0 Å². The van der Waals surface area contributed by atoms with Crippen LogP contribution >= 0.6 is 0 Å². The molecule has 0 bridgehead atoms. The minimum absolute atomic E-state index is 0.0242. The Kier molecular flexibility index (Phi) is 6.01. The normalized spacial score (nSPS) is 11.4. The fourth-order valence-electron chi connectivity index (χ4n) is 1.81. The number of aromatic nitrogens is 1. The summed E-state index contributed by atoms with van der Waals surface area (Å²) in [5.41, 5.74) is 0.905. The lowest BCUT2D eigenvalue weighted by Crippen LogP contribution is -2.39. The van der Waals surface area contributed by atoms with E-state index in [1.54, 1.807) is 6.92 Å². The first kappa shape index (κ1) is 16.5. The summed E-state index contributed by atoms with van der Waals surface area (Å²) >= 11 is 0. The molecule has 6 nitrogen and oxygen atoms in total. The molecule has 0 aliphatic rings. The molecule has 0 aliphatic heterocycles. The predicted octanol–water partition coefficient (Wildman–Crippen LogP) is 1.75. The van der Waals surface area contributed by atoms with E-state index in [1.807, 2.05) is 14.0 Å². The molecule has 0 aromatic carbocycles. The number of nitrogens with one attached hydrogen (secondary N) is 2. The molecule has 2 N–H and O–H groups in total. The van der Waals surface area contributed by atoms with Gasteiger partial charge in [0.25, 0.3) is 5.91 Å². The summed E-state index contributed by atoms with van der Waals surface area (Å²) in [7, 11) is 1.89. The number of ether oxygens (including phenoxy) is 1. The third-order valence-electron chi connectivity index (χ3n) is 2.92. The minimum atomic E-state index is -0.234. The van der Waals surface area contributed by atoms with E-state index in [-0.39, 0.29) is 17.0 Å². The van der Waals surface area contributed by atoms with Crippen molar-refractivity contribution >= 4 is 5.91 Å². The molecule has 114 valence electrons. The van der Waals surface area contributed by atoms with Crippen molar-refractivity contribution in [3.8, 4) is 5.95 Å². The summed E-state index contributed by atoms with van der Waals surface area (Å²) in [5, 5.41) is 9.77. The molecule has 0 fully saturated rings. The van der Waals surface area contributed by atoms with Gasteiger partial charge in [-0.2, -0.15) is 0 Å². The van der Waals surface area contributed by atoms with Crippen molar-refractivity contribution in [2.45, 2.75) is 34.1 Å². The van der Waals surface area contributed by atoms with Crippen LogP contribution in [0.5, 0.6) is 5.95 Å². The van der Waals surface area contributed by atoms with Crippen molar-refractivity contribution in [3.05, 3.63) is 11.3 Å². The molecule has 1 heterocycles. The van der Waals surface area contributed by atoms with Crippen molar-refractivity contribution in [1.29, 1.82) is 0 Å². The van der Waals surface area contributed by atoms with Crippen molar-refractivity contribution in [2.24, 2.45) is 5.41 Å². The van der Waals surface area contributed by atoms with E-state index in [1.165, 1.54) is 0 Å². The van der Waals surface area contributed by atoms with Gasteiger partial charge in [0.05, 0.1) is 12.2 Å². The van der Waals surface area contributed by atoms with Crippen LogP contribution < -0.4 is 15.4 Å². The first-order chi connectivity index (χ1) is 9.41. The van der Waals surface area contributed by atoms with E-state index in [2.05, 4.69) is 29.6 Å². The van der Waals surface area contributed by atoms with Gasteiger partial charge in [0.2, 0.25) is 0 Å². The van der Waals surface area contributed by atoms with Crippen LogP contribution in [0, 0.1) is 12.3 Å². The fraction of sp³-hybridized carbons (Fsp3) is 0.714. The van der Waals surface area contributed by atoms with Gasteiger partial charge in [0, 0.05) is 13.1 Å². The number of carbonyl (C=O) groups is 1. The average molecular weight is 283 g/mol. The van der Waals surface area contributed by atoms with Crippen molar-refractivity contribution < 1.29 is 14.1 Å². The number of carbonyl (C=O) groups excluding carboxylic acids is 1. The molecule has 1 rings (SSSR count). The maximum absolute atomic E-state index is 12.1. The van der Waals surface area contributed by atoms with Crippen LogP contribution in [0.1, 0.15) is 43.2 Å². The Labute approximate surface area is 120 Å². The third-order valence-corrected chi connectivity index (χ3v) is 2.92. The second kappa shape index (κ2) is 7.28. The van der Waals surface area contributed by atoms with E-state index in [0.717, 1.165) is 13.0 Å². The highest BCUT2D eigenvalue weighted by Crippen LogP contribution is 2.21. The highest BCUT2D eigenvalue weighted by Gasteiger charge is 2.23. The standard InChI is InChI=1S/C14H25N3O3/c1-6-7-19-13-10(2)11(17-20-13)12(18)16-9-14(3,4)8-15-5/h15H,6-9H2,1-5H3,(H,16,18). The van der Waals surface area contributed by atoms with Crippen molar-refractivity contribution in [3.63, 3.8) is 0 Å². The Morgan fingerprint density at radius 1 is 1.40 bits per heavy atom. The zero-order valence-electron chi connectivity index (χ0n) is 13.0. The Morgan fingerprint density at radius 3 is 2.70 bits per heavy atom. The monoisotopic (exact) mass is 283 g/mol. The van der Waals surface area contributed by atoms with Gasteiger partial charge < -0.3 is 19.9 Å². The van der Waals surface area contributed by atoms with Crippen LogP contribution in [-0.2, 0) is 0 Å². The molecule has 6 heteroatoms. The molecule has 0 saturated heterocycles. The molecular formula is C14H25N3O3. The van der Waals surface area contributed by atoms with Crippen LogP contribution in [0.4, 0.5) is 0 Å². The van der Waals surface area contributed by atoms with Crippen molar-refractivity contribution in [1.82, 2.24) is 15.8 Å². The largest absolute Gasteiger partial charge is 0.464 e. The number of nitrogens with zero attached hydrogens (tertiary/aromatic N) is 1. The topological polar surface area (TPSA) is 76.4 Å². The van der Waals surface area contributed by atoms with Gasteiger partial charge >= 0.3 is 5.95 Å².